The summed E-state index contributed by atoms with van der Waals surface area (Å²) in [4.78, 5) is 0. The first kappa shape index (κ1) is 11.4. The topological polar surface area (TPSA) is 9.23 Å². The zero-order valence-electron chi connectivity index (χ0n) is 9.61. The van der Waals surface area contributed by atoms with E-state index in [2.05, 4.69) is 6.58 Å². The van der Waals surface area contributed by atoms with Crippen LogP contribution in [0, 0.1) is 5.82 Å². The molecule has 2 heteroatoms. The average molecular weight is 228 g/mol. The van der Waals surface area contributed by atoms with Crippen LogP contribution in [0.4, 0.5) is 4.39 Å². The maximum atomic E-state index is 12.9. The third-order valence-electron chi connectivity index (χ3n) is 2.62. The Bertz CT molecular complexity index is 529. The molecule has 0 unspecified atom stereocenters. The minimum atomic E-state index is -0.240. The zero-order chi connectivity index (χ0) is 12.3. The predicted molar refractivity (Wildman–Crippen MR) is 68.5 cm³/mol. The molecule has 0 aromatic heterocycles. The molecule has 2 aromatic rings. The van der Waals surface area contributed by atoms with Gasteiger partial charge >= 0.3 is 0 Å². The van der Waals surface area contributed by atoms with Crippen molar-refractivity contribution in [2.45, 2.75) is 0 Å². The van der Waals surface area contributed by atoms with Gasteiger partial charge in [-0.25, -0.2) is 4.39 Å². The molecular weight excluding hydrogens is 215 g/mol. The Kier molecular flexibility index (Phi) is 3.24. The van der Waals surface area contributed by atoms with Gasteiger partial charge in [-0.15, -0.1) is 0 Å². The molecule has 2 rings (SSSR count). The number of hydrogen-bond acceptors (Lipinski definition) is 1. The van der Waals surface area contributed by atoms with Crippen LogP contribution in [0.3, 0.4) is 0 Å². The lowest BCUT2D eigenvalue weighted by molar-refractivity contribution is 0.416. The van der Waals surface area contributed by atoms with E-state index in [4.69, 9.17) is 4.74 Å². The maximum Gasteiger partial charge on any atom is 0.127 e. The molecular formula is C15H13FO. The van der Waals surface area contributed by atoms with E-state index in [1.165, 1.54) is 12.1 Å². The lowest BCUT2D eigenvalue weighted by Crippen LogP contribution is -1.89. The first-order valence-electron chi connectivity index (χ1n) is 5.31. The number of methoxy groups -OCH3 is 1. The largest absolute Gasteiger partial charge is 0.496 e. The summed E-state index contributed by atoms with van der Waals surface area (Å²) in [5.41, 5.74) is 2.87. The Morgan fingerprint density at radius 2 is 1.82 bits per heavy atom. The summed E-state index contributed by atoms with van der Waals surface area (Å²) in [6.45, 7) is 3.72. The molecule has 0 aliphatic heterocycles. The van der Waals surface area contributed by atoms with Crippen molar-refractivity contribution in [3.05, 3.63) is 60.4 Å². The third kappa shape index (κ3) is 2.36. The standard InChI is InChI=1S/C15H13FO/c1-3-11-4-9-14(15(10-11)17-2)12-5-7-13(16)8-6-12/h3-10H,1H2,2H3. The van der Waals surface area contributed by atoms with Gasteiger partial charge in [0.05, 0.1) is 7.11 Å². The van der Waals surface area contributed by atoms with Crippen LogP contribution in [0.1, 0.15) is 5.56 Å². The fraction of sp³-hybridized carbons (Fsp3) is 0.0667. The first-order chi connectivity index (χ1) is 8.24. The van der Waals surface area contributed by atoms with Crippen LogP contribution in [0.5, 0.6) is 5.75 Å². The summed E-state index contributed by atoms with van der Waals surface area (Å²) in [6.07, 6.45) is 1.76. The van der Waals surface area contributed by atoms with Gasteiger partial charge in [-0.2, -0.15) is 0 Å². The van der Waals surface area contributed by atoms with Gasteiger partial charge in [-0.3, -0.25) is 0 Å². The van der Waals surface area contributed by atoms with E-state index < -0.39 is 0 Å². The number of hydrogen-bond donors (Lipinski definition) is 0. The normalized spacial score (nSPS) is 10.0. The van der Waals surface area contributed by atoms with Crippen molar-refractivity contribution in [3.8, 4) is 16.9 Å². The lowest BCUT2D eigenvalue weighted by atomic mass is 10.0. The molecule has 0 amide bonds. The van der Waals surface area contributed by atoms with Crippen molar-refractivity contribution in [1.82, 2.24) is 0 Å². The lowest BCUT2D eigenvalue weighted by Gasteiger charge is -2.09. The van der Waals surface area contributed by atoms with Crippen molar-refractivity contribution in [2.75, 3.05) is 7.11 Å². The van der Waals surface area contributed by atoms with E-state index >= 15 is 0 Å². The Labute approximate surface area is 100 Å². The summed E-state index contributed by atoms with van der Waals surface area (Å²) in [5, 5.41) is 0. The van der Waals surface area contributed by atoms with Crippen molar-refractivity contribution in [3.63, 3.8) is 0 Å². The molecule has 0 bridgehead atoms. The minimum absolute atomic E-state index is 0.240. The van der Waals surface area contributed by atoms with Crippen molar-refractivity contribution < 1.29 is 9.13 Å². The fourth-order valence-electron chi connectivity index (χ4n) is 1.70. The highest BCUT2D eigenvalue weighted by molar-refractivity contribution is 5.72. The van der Waals surface area contributed by atoms with Crippen LogP contribution in [0.15, 0.2) is 49.0 Å². The van der Waals surface area contributed by atoms with Gasteiger partial charge in [0.15, 0.2) is 0 Å². The first-order valence-corrected chi connectivity index (χ1v) is 5.31. The van der Waals surface area contributed by atoms with Gasteiger partial charge in [-0.05, 0) is 29.3 Å². The van der Waals surface area contributed by atoms with Crippen LogP contribution in [0.25, 0.3) is 17.2 Å². The summed E-state index contributed by atoms with van der Waals surface area (Å²) in [6, 6.07) is 12.2. The van der Waals surface area contributed by atoms with Crippen LogP contribution in [-0.4, -0.2) is 7.11 Å². The summed E-state index contributed by atoms with van der Waals surface area (Å²) in [5.74, 6) is 0.518. The Balaban J connectivity index is 2.51. The molecule has 0 radical (unpaired) electrons. The van der Waals surface area contributed by atoms with E-state index in [0.717, 1.165) is 22.4 Å². The Hall–Kier alpha value is -2.09. The third-order valence-corrected chi connectivity index (χ3v) is 2.62. The zero-order valence-corrected chi connectivity index (χ0v) is 9.61. The number of rotatable bonds is 3. The monoisotopic (exact) mass is 228 g/mol. The summed E-state index contributed by atoms with van der Waals surface area (Å²) < 4.78 is 18.2. The summed E-state index contributed by atoms with van der Waals surface area (Å²) >= 11 is 0. The molecule has 0 fully saturated rings. The van der Waals surface area contributed by atoms with Crippen molar-refractivity contribution >= 4 is 6.08 Å². The second-order valence-electron chi connectivity index (χ2n) is 3.67. The molecule has 86 valence electrons. The van der Waals surface area contributed by atoms with Crippen LogP contribution in [-0.2, 0) is 0 Å². The number of halogens is 1. The van der Waals surface area contributed by atoms with Gasteiger partial charge < -0.3 is 4.74 Å². The second-order valence-corrected chi connectivity index (χ2v) is 3.67. The summed E-state index contributed by atoms with van der Waals surface area (Å²) in [7, 11) is 1.62. The maximum absolute atomic E-state index is 12.9. The molecule has 0 saturated carbocycles. The van der Waals surface area contributed by atoms with E-state index in [9.17, 15) is 4.39 Å². The van der Waals surface area contributed by atoms with Crippen LogP contribution >= 0.6 is 0 Å². The smallest absolute Gasteiger partial charge is 0.127 e. The molecule has 0 aliphatic carbocycles. The number of ether oxygens (including phenoxy) is 1. The number of benzene rings is 2. The molecule has 0 heterocycles. The molecule has 0 N–H and O–H groups in total. The van der Waals surface area contributed by atoms with Gasteiger partial charge in [0.25, 0.3) is 0 Å². The second kappa shape index (κ2) is 4.83. The Morgan fingerprint density at radius 3 is 2.41 bits per heavy atom. The SMILES string of the molecule is C=Cc1ccc(-c2ccc(F)cc2)c(OC)c1. The quantitative estimate of drug-likeness (QED) is 0.767. The highest BCUT2D eigenvalue weighted by atomic mass is 19.1. The van der Waals surface area contributed by atoms with E-state index in [-0.39, 0.29) is 5.82 Å². The molecule has 0 aliphatic rings. The van der Waals surface area contributed by atoms with E-state index in [1.807, 2.05) is 18.2 Å². The van der Waals surface area contributed by atoms with E-state index in [0.29, 0.717) is 0 Å². The molecule has 0 spiro atoms. The van der Waals surface area contributed by atoms with Crippen molar-refractivity contribution in [2.24, 2.45) is 0 Å². The molecule has 17 heavy (non-hydrogen) atoms. The van der Waals surface area contributed by atoms with E-state index in [1.54, 1.807) is 25.3 Å². The fourth-order valence-corrected chi connectivity index (χ4v) is 1.70. The van der Waals surface area contributed by atoms with Gasteiger partial charge in [0, 0.05) is 5.56 Å². The predicted octanol–water partition coefficient (Wildman–Crippen LogP) is 4.14. The molecule has 1 nitrogen and oxygen atoms in total. The van der Waals surface area contributed by atoms with Gasteiger partial charge in [0.2, 0.25) is 0 Å². The van der Waals surface area contributed by atoms with Crippen LogP contribution in [0.2, 0.25) is 0 Å². The highest BCUT2D eigenvalue weighted by Gasteiger charge is 2.06. The van der Waals surface area contributed by atoms with Gasteiger partial charge in [-0.1, -0.05) is 36.9 Å². The van der Waals surface area contributed by atoms with Crippen LogP contribution < -0.4 is 4.74 Å². The minimum Gasteiger partial charge on any atom is -0.496 e. The molecule has 0 atom stereocenters. The Morgan fingerprint density at radius 1 is 1.12 bits per heavy atom. The molecule has 2 aromatic carbocycles. The molecule has 0 saturated heterocycles. The van der Waals surface area contributed by atoms with Crippen molar-refractivity contribution in [1.29, 1.82) is 0 Å². The van der Waals surface area contributed by atoms with Gasteiger partial charge in [0.1, 0.15) is 11.6 Å². The highest BCUT2D eigenvalue weighted by Crippen LogP contribution is 2.31. The average Bonchev–Trinajstić information content (AvgIpc) is 2.39.